The molecule has 1 saturated heterocycles. The van der Waals surface area contributed by atoms with Gasteiger partial charge in [0.1, 0.15) is 0 Å². The van der Waals surface area contributed by atoms with Gasteiger partial charge in [0.05, 0.1) is 12.6 Å². The van der Waals surface area contributed by atoms with Crippen LogP contribution in [0.25, 0.3) is 0 Å². The standard InChI is InChI=1S/C14H20N4OS/c1-18(2)14(19)16-9-8-15-13-17-12(10-20-13)11-6-4-3-5-7-11/h3-7,12H,8-10H2,1-2H3,(H,15,17)(H,16,19). The average Bonchev–Trinajstić information content (AvgIpc) is 2.93. The summed E-state index contributed by atoms with van der Waals surface area (Å²) in [5.74, 6) is 0.993. The van der Waals surface area contributed by atoms with Crippen LogP contribution in [0.4, 0.5) is 4.79 Å². The Morgan fingerprint density at radius 2 is 2.20 bits per heavy atom. The van der Waals surface area contributed by atoms with Gasteiger partial charge >= 0.3 is 6.03 Å². The van der Waals surface area contributed by atoms with Crippen LogP contribution in [0.2, 0.25) is 0 Å². The molecule has 1 fully saturated rings. The van der Waals surface area contributed by atoms with Gasteiger partial charge in [-0.15, -0.1) is 0 Å². The fourth-order valence-electron chi connectivity index (χ4n) is 1.83. The van der Waals surface area contributed by atoms with E-state index in [1.165, 1.54) is 10.5 Å². The van der Waals surface area contributed by atoms with Gasteiger partial charge in [0.25, 0.3) is 0 Å². The molecule has 1 unspecified atom stereocenters. The normalized spacial score (nSPS) is 19.7. The summed E-state index contributed by atoms with van der Waals surface area (Å²) in [5, 5.41) is 7.16. The summed E-state index contributed by atoms with van der Waals surface area (Å²) in [6.45, 7) is 1.15. The highest BCUT2D eigenvalue weighted by molar-refractivity contribution is 8.14. The number of amides is 2. The number of carbonyl (C=O) groups is 1. The van der Waals surface area contributed by atoms with E-state index in [2.05, 4.69) is 27.8 Å². The van der Waals surface area contributed by atoms with Crippen LogP contribution in [0.1, 0.15) is 11.6 Å². The first-order valence-corrected chi connectivity index (χ1v) is 7.59. The number of carbonyl (C=O) groups excluding carboxylic acids is 1. The van der Waals surface area contributed by atoms with E-state index in [4.69, 9.17) is 0 Å². The van der Waals surface area contributed by atoms with Gasteiger partial charge in [-0.05, 0) is 5.56 Å². The molecule has 1 aliphatic rings. The van der Waals surface area contributed by atoms with Crippen molar-refractivity contribution in [2.45, 2.75) is 6.04 Å². The molecule has 0 bridgehead atoms. The number of aliphatic imine (C=N–C) groups is 1. The third kappa shape index (κ3) is 4.16. The quantitative estimate of drug-likeness (QED) is 0.830. The number of urea groups is 1. The molecule has 0 spiro atoms. The van der Waals surface area contributed by atoms with E-state index in [0.717, 1.165) is 10.9 Å². The summed E-state index contributed by atoms with van der Waals surface area (Å²) in [7, 11) is 3.44. The second-order valence-electron chi connectivity index (χ2n) is 4.73. The van der Waals surface area contributed by atoms with Crippen LogP contribution in [0.3, 0.4) is 0 Å². The molecule has 0 radical (unpaired) electrons. The second kappa shape index (κ2) is 7.19. The van der Waals surface area contributed by atoms with Crippen molar-refractivity contribution in [2.75, 3.05) is 32.9 Å². The van der Waals surface area contributed by atoms with Crippen LogP contribution >= 0.6 is 11.8 Å². The van der Waals surface area contributed by atoms with E-state index in [9.17, 15) is 4.79 Å². The van der Waals surface area contributed by atoms with Crippen LogP contribution in [-0.4, -0.2) is 49.0 Å². The molecular weight excluding hydrogens is 272 g/mol. The third-order valence-corrected chi connectivity index (χ3v) is 3.96. The Morgan fingerprint density at radius 1 is 1.45 bits per heavy atom. The highest BCUT2D eigenvalue weighted by Gasteiger charge is 2.21. The Labute approximate surface area is 123 Å². The average molecular weight is 292 g/mol. The molecule has 1 aromatic rings. The van der Waals surface area contributed by atoms with Crippen molar-refractivity contribution in [1.29, 1.82) is 0 Å². The maximum absolute atomic E-state index is 11.3. The number of nitrogens with one attached hydrogen (secondary N) is 2. The molecule has 0 saturated carbocycles. The lowest BCUT2D eigenvalue weighted by molar-refractivity contribution is 0.218. The number of rotatable bonds is 4. The zero-order chi connectivity index (χ0) is 14.4. The molecule has 0 aliphatic carbocycles. The van der Waals surface area contributed by atoms with Gasteiger partial charge in [-0.3, -0.25) is 4.99 Å². The van der Waals surface area contributed by atoms with Gasteiger partial charge in [0.2, 0.25) is 0 Å². The second-order valence-corrected chi connectivity index (χ2v) is 5.74. The minimum atomic E-state index is -0.0839. The van der Waals surface area contributed by atoms with Crippen molar-refractivity contribution in [3.63, 3.8) is 0 Å². The van der Waals surface area contributed by atoms with Crippen molar-refractivity contribution in [3.8, 4) is 0 Å². The van der Waals surface area contributed by atoms with Crippen LogP contribution in [0.5, 0.6) is 0 Å². The topological polar surface area (TPSA) is 56.7 Å². The molecule has 1 heterocycles. The van der Waals surface area contributed by atoms with Gasteiger partial charge in [-0.25, -0.2) is 4.79 Å². The summed E-state index contributed by atoms with van der Waals surface area (Å²) in [4.78, 5) is 17.3. The predicted octanol–water partition coefficient (Wildman–Crippen LogP) is 1.69. The van der Waals surface area contributed by atoms with E-state index >= 15 is 0 Å². The van der Waals surface area contributed by atoms with Gasteiger partial charge in [-0.1, -0.05) is 42.1 Å². The van der Waals surface area contributed by atoms with Crippen LogP contribution in [0, 0.1) is 0 Å². The largest absolute Gasteiger partial charge is 0.357 e. The number of hydrogen-bond donors (Lipinski definition) is 2. The number of hydrogen-bond acceptors (Lipinski definition) is 3. The molecule has 20 heavy (non-hydrogen) atoms. The monoisotopic (exact) mass is 292 g/mol. The van der Waals surface area contributed by atoms with Gasteiger partial charge < -0.3 is 15.5 Å². The molecule has 6 heteroatoms. The van der Waals surface area contributed by atoms with Crippen molar-refractivity contribution in [2.24, 2.45) is 4.99 Å². The predicted molar refractivity (Wildman–Crippen MR) is 84.2 cm³/mol. The molecule has 1 aromatic carbocycles. The number of amidine groups is 1. The minimum Gasteiger partial charge on any atom is -0.357 e. The molecule has 2 amide bonds. The van der Waals surface area contributed by atoms with E-state index < -0.39 is 0 Å². The Kier molecular flexibility index (Phi) is 5.29. The first kappa shape index (κ1) is 14.7. The minimum absolute atomic E-state index is 0.0839. The zero-order valence-corrected chi connectivity index (χ0v) is 12.6. The first-order valence-electron chi connectivity index (χ1n) is 6.60. The molecular formula is C14H20N4OS. The van der Waals surface area contributed by atoms with Crippen LogP contribution in [0.15, 0.2) is 35.3 Å². The highest BCUT2D eigenvalue weighted by atomic mass is 32.2. The lowest BCUT2D eigenvalue weighted by atomic mass is 10.1. The third-order valence-electron chi connectivity index (χ3n) is 2.94. The Hall–Kier alpha value is -1.69. The van der Waals surface area contributed by atoms with E-state index in [1.807, 2.05) is 18.2 Å². The lowest BCUT2D eigenvalue weighted by Crippen LogP contribution is -2.36. The molecule has 2 N–H and O–H groups in total. The maximum atomic E-state index is 11.3. The maximum Gasteiger partial charge on any atom is 0.316 e. The fourth-order valence-corrected chi connectivity index (χ4v) is 2.84. The van der Waals surface area contributed by atoms with E-state index in [-0.39, 0.29) is 6.03 Å². The smallest absolute Gasteiger partial charge is 0.316 e. The zero-order valence-electron chi connectivity index (χ0n) is 11.8. The van der Waals surface area contributed by atoms with E-state index in [0.29, 0.717) is 19.1 Å². The summed E-state index contributed by atoms with van der Waals surface area (Å²) in [6, 6.07) is 10.6. The number of benzene rings is 1. The summed E-state index contributed by atoms with van der Waals surface area (Å²) in [5.41, 5.74) is 1.28. The molecule has 1 atom stereocenters. The highest BCUT2D eigenvalue weighted by Crippen LogP contribution is 2.25. The molecule has 0 aromatic heterocycles. The molecule has 108 valence electrons. The lowest BCUT2D eigenvalue weighted by Gasteiger charge is -2.11. The summed E-state index contributed by atoms with van der Waals surface area (Å²) >= 11 is 1.73. The Balaban J connectivity index is 1.75. The van der Waals surface area contributed by atoms with Gasteiger partial charge in [0.15, 0.2) is 5.17 Å². The van der Waals surface area contributed by atoms with Crippen molar-refractivity contribution >= 4 is 23.0 Å². The summed E-state index contributed by atoms with van der Waals surface area (Å²) < 4.78 is 0. The van der Waals surface area contributed by atoms with Crippen LogP contribution < -0.4 is 10.6 Å². The molecule has 2 rings (SSSR count). The number of nitrogens with zero attached hydrogens (tertiary/aromatic N) is 2. The molecule has 1 aliphatic heterocycles. The van der Waals surface area contributed by atoms with E-state index in [1.54, 1.807) is 25.9 Å². The fraction of sp³-hybridized carbons (Fsp3) is 0.429. The van der Waals surface area contributed by atoms with Crippen LogP contribution in [-0.2, 0) is 0 Å². The van der Waals surface area contributed by atoms with Crippen molar-refractivity contribution in [1.82, 2.24) is 15.5 Å². The summed E-state index contributed by atoms with van der Waals surface area (Å²) in [6.07, 6.45) is 0. The first-order chi connectivity index (χ1) is 9.66. The van der Waals surface area contributed by atoms with Gasteiger partial charge in [0, 0.05) is 26.4 Å². The Bertz CT molecular complexity index is 475. The number of thioether (sulfide) groups is 1. The van der Waals surface area contributed by atoms with Gasteiger partial charge in [-0.2, -0.15) is 0 Å². The molecule has 5 nitrogen and oxygen atoms in total. The van der Waals surface area contributed by atoms with Crippen molar-refractivity contribution in [3.05, 3.63) is 35.9 Å². The Morgan fingerprint density at radius 3 is 2.90 bits per heavy atom. The SMILES string of the molecule is CN(C)C(=O)NCCN=C1NC(c2ccccc2)CS1. The van der Waals surface area contributed by atoms with Crippen molar-refractivity contribution < 1.29 is 4.79 Å².